The van der Waals surface area contributed by atoms with Crippen LogP contribution in [0, 0.1) is 5.92 Å². The maximum Gasteiger partial charge on any atom is 0.223 e. The monoisotopic (exact) mass is 297 g/mol. The smallest absolute Gasteiger partial charge is 0.223 e. The van der Waals surface area contributed by atoms with Crippen LogP contribution in [0.25, 0.3) is 0 Å². The van der Waals surface area contributed by atoms with E-state index in [1.807, 2.05) is 0 Å². The van der Waals surface area contributed by atoms with E-state index in [-0.39, 0.29) is 11.8 Å². The van der Waals surface area contributed by atoms with E-state index in [0.29, 0.717) is 6.54 Å². The number of alkyl halides is 1. The van der Waals surface area contributed by atoms with Crippen LogP contribution < -0.4 is 5.32 Å². The summed E-state index contributed by atoms with van der Waals surface area (Å²) in [6.45, 7) is 4.73. The van der Waals surface area contributed by atoms with Gasteiger partial charge in [0, 0.05) is 17.8 Å². The Morgan fingerprint density at radius 1 is 1.18 bits per heavy atom. The third kappa shape index (κ3) is 4.50. The second-order valence-electron chi connectivity index (χ2n) is 4.18. The number of carbonyl (C=O) groups is 1. The fourth-order valence-electron chi connectivity index (χ4n) is 1.74. The molecule has 94 valence electrons. The third-order valence-electron chi connectivity index (χ3n) is 3.00. The Labute approximate surface area is 112 Å². The van der Waals surface area contributed by atoms with Crippen LogP contribution in [0.2, 0.25) is 0 Å². The molecule has 0 aliphatic rings. The number of rotatable bonds is 6. The van der Waals surface area contributed by atoms with Crippen molar-refractivity contribution in [3.05, 3.63) is 35.4 Å². The average molecular weight is 298 g/mol. The lowest BCUT2D eigenvalue weighted by atomic mass is 10.0. The first-order valence-corrected chi connectivity index (χ1v) is 7.24. The van der Waals surface area contributed by atoms with E-state index >= 15 is 0 Å². The van der Waals surface area contributed by atoms with Crippen molar-refractivity contribution in [3.63, 3.8) is 0 Å². The molecule has 1 N–H and O–H groups in total. The van der Waals surface area contributed by atoms with Gasteiger partial charge in [-0.2, -0.15) is 0 Å². The third-order valence-corrected chi connectivity index (χ3v) is 3.65. The Balaban J connectivity index is 2.46. The van der Waals surface area contributed by atoms with Crippen LogP contribution in [0.15, 0.2) is 24.3 Å². The highest BCUT2D eigenvalue weighted by Gasteiger charge is 2.12. The van der Waals surface area contributed by atoms with Gasteiger partial charge in [-0.25, -0.2) is 0 Å². The zero-order valence-electron chi connectivity index (χ0n) is 10.5. The standard InChI is InChI=1S/C14H20BrNO/c1-3-13(4-2)14(17)16-10-12-7-5-11(9-15)6-8-12/h5-8,13H,3-4,9-10H2,1-2H3,(H,16,17). The van der Waals surface area contributed by atoms with E-state index < -0.39 is 0 Å². The number of hydrogen-bond donors (Lipinski definition) is 1. The zero-order chi connectivity index (χ0) is 12.7. The molecular weight excluding hydrogens is 278 g/mol. The van der Waals surface area contributed by atoms with Crippen molar-refractivity contribution in [2.24, 2.45) is 5.92 Å². The molecule has 3 heteroatoms. The van der Waals surface area contributed by atoms with Crippen LogP contribution in [0.1, 0.15) is 37.8 Å². The van der Waals surface area contributed by atoms with Crippen LogP contribution in [-0.2, 0) is 16.7 Å². The Morgan fingerprint density at radius 2 is 1.71 bits per heavy atom. The minimum atomic E-state index is 0.150. The summed E-state index contributed by atoms with van der Waals surface area (Å²) in [5.74, 6) is 0.316. The van der Waals surface area contributed by atoms with Gasteiger partial charge >= 0.3 is 0 Å². The number of carbonyl (C=O) groups excluding carboxylic acids is 1. The van der Waals surface area contributed by atoms with Gasteiger partial charge in [-0.05, 0) is 24.0 Å². The molecule has 0 spiro atoms. The molecule has 0 saturated carbocycles. The molecule has 17 heavy (non-hydrogen) atoms. The first-order valence-electron chi connectivity index (χ1n) is 6.12. The molecule has 0 unspecified atom stereocenters. The van der Waals surface area contributed by atoms with Gasteiger partial charge in [-0.15, -0.1) is 0 Å². The maximum absolute atomic E-state index is 11.8. The summed E-state index contributed by atoms with van der Waals surface area (Å²) in [5, 5.41) is 3.86. The second-order valence-corrected chi connectivity index (χ2v) is 4.74. The highest BCUT2D eigenvalue weighted by molar-refractivity contribution is 9.08. The molecule has 0 fully saturated rings. The fraction of sp³-hybridized carbons (Fsp3) is 0.500. The molecule has 0 heterocycles. The van der Waals surface area contributed by atoms with E-state index in [1.54, 1.807) is 0 Å². The van der Waals surface area contributed by atoms with Crippen molar-refractivity contribution in [2.45, 2.75) is 38.6 Å². The molecule has 1 rings (SSSR count). The number of amides is 1. The molecular formula is C14H20BrNO. The molecule has 1 aromatic rings. The van der Waals surface area contributed by atoms with Crippen LogP contribution in [0.4, 0.5) is 0 Å². The van der Waals surface area contributed by atoms with Crippen molar-refractivity contribution in [3.8, 4) is 0 Å². The maximum atomic E-state index is 11.8. The lowest BCUT2D eigenvalue weighted by Gasteiger charge is -2.12. The molecule has 0 saturated heterocycles. The second kappa shape index (κ2) is 7.49. The number of benzene rings is 1. The predicted molar refractivity (Wildman–Crippen MR) is 75.0 cm³/mol. The fourth-order valence-corrected chi connectivity index (χ4v) is 2.11. The molecule has 0 bridgehead atoms. The summed E-state index contributed by atoms with van der Waals surface area (Å²) in [5.41, 5.74) is 2.40. The quantitative estimate of drug-likeness (QED) is 0.798. The van der Waals surface area contributed by atoms with Crippen molar-refractivity contribution < 1.29 is 4.79 Å². The average Bonchev–Trinajstić information content (AvgIpc) is 2.38. The van der Waals surface area contributed by atoms with Crippen molar-refractivity contribution in [1.82, 2.24) is 5.32 Å². The lowest BCUT2D eigenvalue weighted by molar-refractivity contribution is -0.125. The van der Waals surface area contributed by atoms with Gasteiger partial charge in [0.25, 0.3) is 0 Å². The minimum absolute atomic E-state index is 0.150. The first-order chi connectivity index (χ1) is 8.21. The topological polar surface area (TPSA) is 29.1 Å². The number of halogens is 1. The Hall–Kier alpha value is -0.830. The zero-order valence-corrected chi connectivity index (χ0v) is 12.1. The molecule has 0 aliphatic heterocycles. The van der Waals surface area contributed by atoms with Gasteiger partial charge in [0.15, 0.2) is 0 Å². The minimum Gasteiger partial charge on any atom is -0.352 e. The summed E-state index contributed by atoms with van der Waals surface area (Å²) >= 11 is 3.41. The summed E-state index contributed by atoms with van der Waals surface area (Å²) in [6, 6.07) is 8.27. The highest BCUT2D eigenvalue weighted by Crippen LogP contribution is 2.10. The van der Waals surface area contributed by atoms with Gasteiger partial charge in [0.2, 0.25) is 5.91 Å². The van der Waals surface area contributed by atoms with E-state index in [1.165, 1.54) is 5.56 Å². The molecule has 0 atom stereocenters. The normalized spacial score (nSPS) is 10.6. The SMILES string of the molecule is CCC(CC)C(=O)NCc1ccc(CBr)cc1. The molecule has 1 aromatic carbocycles. The Kier molecular flexibility index (Phi) is 6.27. The largest absolute Gasteiger partial charge is 0.352 e. The van der Waals surface area contributed by atoms with Crippen LogP contribution in [0.3, 0.4) is 0 Å². The van der Waals surface area contributed by atoms with Gasteiger partial charge < -0.3 is 5.32 Å². The molecule has 0 radical (unpaired) electrons. The predicted octanol–water partition coefficient (Wildman–Crippen LogP) is 3.63. The van der Waals surface area contributed by atoms with Crippen molar-refractivity contribution >= 4 is 21.8 Å². The number of nitrogens with one attached hydrogen (secondary N) is 1. The van der Waals surface area contributed by atoms with Crippen LogP contribution in [0.5, 0.6) is 0 Å². The van der Waals surface area contributed by atoms with E-state index in [9.17, 15) is 4.79 Å². The number of hydrogen-bond acceptors (Lipinski definition) is 1. The summed E-state index contributed by atoms with van der Waals surface area (Å²) in [4.78, 5) is 11.8. The van der Waals surface area contributed by atoms with Crippen molar-refractivity contribution in [2.75, 3.05) is 0 Å². The van der Waals surface area contributed by atoms with Gasteiger partial charge in [-0.3, -0.25) is 4.79 Å². The summed E-state index contributed by atoms with van der Waals surface area (Å²) in [7, 11) is 0. The molecule has 1 amide bonds. The van der Waals surface area contributed by atoms with E-state index in [4.69, 9.17) is 0 Å². The Bertz CT molecular complexity index is 344. The van der Waals surface area contributed by atoms with Crippen molar-refractivity contribution in [1.29, 1.82) is 0 Å². The Morgan fingerprint density at radius 3 is 2.18 bits per heavy atom. The van der Waals surface area contributed by atoms with Gasteiger partial charge in [0.05, 0.1) is 0 Å². The van der Waals surface area contributed by atoms with E-state index in [2.05, 4.69) is 59.4 Å². The molecule has 2 nitrogen and oxygen atoms in total. The van der Waals surface area contributed by atoms with E-state index in [0.717, 1.165) is 23.7 Å². The van der Waals surface area contributed by atoms with Gasteiger partial charge in [0.1, 0.15) is 0 Å². The summed E-state index contributed by atoms with van der Waals surface area (Å²) < 4.78 is 0. The van der Waals surface area contributed by atoms with Crippen LogP contribution in [-0.4, -0.2) is 5.91 Å². The van der Waals surface area contributed by atoms with Crippen LogP contribution >= 0.6 is 15.9 Å². The lowest BCUT2D eigenvalue weighted by Crippen LogP contribution is -2.29. The molecule has 0 aliphatic carbocycles. The first kappa shape index (κ1) is 14.2. The van der Waals surface area contributed by atoms with Gasteiger partial charge in [-0.1, -0.05) is 54.0 Å². The summed E-state index contributed by atoms with van der Waals surface area (Å²) in [6.07, 6.45) is 1.82. The molecule has 0 aromatic heterocycles. The highest BCUT2D eigenvalue weighted by atomic mass is 79.9.